The van der Waals surface area contributed by atoms with Gasteiger partial charge in [-0.2, -0.15) is 0 Å². The van der Waals surface area contributed by atoms with Gasteiger partial charge in [0.05, 0.1) is 12.6 Å². The summed E-state index contributed by atoms with van der Waals surface area (Å²) in [6.45, 7) is 13.5. The number of likely N-dealkylation sites (tertiary alicyclic amines) is 1. The Bertz CT molecular complexity index is 546. The van der Waals surface area contributed by atoms with Crippen molar-refractivity contribution in [1.29, 1.82) is 0 Å². The Kier molecular flexibility index (Phi) is 9.78. The van der Waals surface area contributed by atoms with E-state index in [-0.39, 0.29) is 36.1 Å². The molecule has 1 amide bonds. The number of nitrogens with one attached hydrogen (secondary N) is 1. The summed E-state index contributed by atoms with van der Waals surface area (Å²) in [6, 6.07) is 0.280. The van der Waals surface area contributed by atoms with Gasteiger partial charge in [-0.25, -0.2) is 4.79 Å². The fraction of sp³-hybridized carbons (Fsp3) is 0.905. The van der Waals surface area contributed by atoms with Crippen LogP contribution in [-0.2, 0) is 4.74 Å². The summed E-state index contributed by atoms with van der Waals surface area (Å²) in [6.07, 6.45) is 7.72. The van der Waals surface area contributed by atoms with Gasteiger partial charge in [0, 0.05) is 26.2 Å². The fourth-order valence-electron chi connectivity index (χ4n) is 4.24. The molecule has 1 atom stereocenters. The first-order chi connectivity index (χ1) is 13.4. The van der Waals surface area contributed by atoms with Crippen LogP contribution in [0.25, 0.3) is 0 Å². The van der Waals surface area contributed by atoms with Crippen molar-refractivity contribution in [3.8, 4) is 0 Å². The van der Waals surface area contributed by atoms with Crippen LogP contribution in [0.1, 0.15) is 59.3 Å². The molecule has 29 heavy (non-hydrogen) atoms. The van der Waals surface area contributed by atoms with Gasteiger partial charge >= 0.3 is 6.09 Å². The zero-order chi connectivity index (χ0) is 20.0. The predicted octanol–water partition coefficient (Wildman–Crippen LogP) is 3.14. The van der Waals surface area contributed by atoms with Crippen LogP contribution in [0.2, 0.25) is 0 Å². The van der Waals surface area contributed by atoms with Crippen LogP contribution in [-0.4, -0.2) is 90.8 Å². The summed E-state index contributed by atoms with van der Waals surface area (Å²) in [5.74, 6) is 1.02. The largest absolute Gasteiger partial charge is 0.444 e. The van der Waals surface area contributed by atoms with E-state index < -0.39 is 5.60 Å². The van der Waals surface area contributed by atoms with Crippen LogP contribution >= 0.6 is 24.0 Å². The number of guanidine groups is 1. The quantitative estimate of drug-likeness (QED) is 0.430. The Labute approximate surface area is 193 Å². The average Bonchev–Trinajstić information content (AvgIpc) is 3.06. The van der Waals surface area contributed by atoms with Crippen molar-refractivity contribution in [2.45, 2.75) is 70.9 Å². The molecule has 0 aliphatic carbocycles. The van der Waals surface area contributed by atoms with Gasteiger partial charge < -0.3 is 24.8 Å². The predicted molar refractivity (Wildman–Crippen MR) is 128 cm³/mol. The highest BCUT2D eigenvalue weighted by Crippen LogP contribution is 2.18. The second-order valence-corrected chi connectivity index (χ2v) is 9.33. The number of carbonyl (C=O) groups is 1. The molecule has 3 rings (SSSR count). The van der Waals surface area contributed by atoms with Crippen molar-refractivity contribution in [3.05, 3.63) is 0 Å². The van der Waals surface area contributed by atoms with Crippen LogP contribution in [0.5, 0.6) is 0 Å². The number of rotatable bonds is 6. The molecule has 1 N–H and O–H groups in total. The second-order valence-electron chi connectivity index (χ2n) is 9.33. The number of piperidine rings is 1. The third-order valence-electron chi connectivity index (χ3n) is 5.74. The average molecular weight is 521 g/mol. The molecule has 2 saturated heterocycles. The second kappa shape index (κ2) is 11.6. The van der Waals surface area contributed by atoms with Crippen molar-refractivity contribution in [2.75, 3.05) is 52.4 Å². The van der Waals surface area contributed by atoms with Gasteiger partial charge in [-0.05, 0) is 66.1 Å². The Morgan fingerprint density at radius 1 is 1.10 bits per heavy atom. The van der Waals surface area contributed by atoms with E-state index in [9.17, 15) is 4.79 Å². The number of piperazine rings is 1. The first-order valence-electron chi connectivity index (χ1n) is 11.2. The lowest BCUT2D eigenvalue weighted by Gasteiger charge is -2.39. The lowest BCUT2D eigenvalue weighted by Crippen LogP contribution is -2.57. The third kappa shape index (κ3) is 7.77. The van der Waals surface area contributed by atoms with E-state index >= 15 is 0 Å². The van der Waals surface area contributed by atoms with E-state index in [4.69, 9.17) is 4.74 Å². The molecule has 0 radical (unpaired) electrons. The molecule has 0 aromatic carbocycles. The lowest BCUT2D eigenvalue weighted by atomic mass is 10.1. The molecule has 0 bridgehead atoms. The number of hydrogen-bond acceptors (Lipinski definition) is 6. The maximum absolute atomic E-state index is 12.3. The van der Waals surface area contributed by atoms with Crippen molar-refractivity contribution >= 4 is 36.0 Å². The zero-order valence-electron chi connectivity index (χ0n) is 18.5. The minimum atomic E-state index is -0.443. The van der Waals surface area contributed by atoms with Gasteiger partial charge in [0.2, 0.25) is 0 Å². The first kappa shape index (κ1) is 24.5. The van der Waals surface area contributed by atoms with Crippen LogP contribution in [0.3, 0.4) is 0 Å². The molecule has 168 valence electrons. The molecule has 0 spiro atoms. The van der Waals surface area contributed by atoms with E-state index in [2.05, 4.69) is 20.1 Å². The fourth-order valence-corrected chi connectivity index (χ4v) is 4.24. The molecule has 3 aliphatic heterocycles. The summed E-state index contributed by atoms with van der Waals surface area (Å²) in [7, 11) is 0. The standard InChI is InChI=1S/C21H39N5O2.HI/c1-21(2,3)28-20(27)25-14-15-26-18(17-25)16-23-19(26)22-10-6-4-7-11-24-12-8-5-9-13-24;/h18H,4-17H2,1-3H3,(H,22,23);1H. The number of aliphatic imine (C=N–C) groups is 1. The molecule has 7 nitrogen and oxygen atoms in total. The maximum atomic E-state index is 12.3. The topological polar surface area (TPSA) is 60.4 Å². The van der Waals surface area contributed by atoms with Crippen molar-refractivity contribution < 1.29 is 9.53 Å². The first-order valence-corrected chi connectivity index (χ1v) is 11.2. The minimum Gasteiger partial charge on any atom is -0.444 e. The van der Waals surface area contributed by atoms with E-state index in [1.165, 1.54) is 58.2 Å². The normalized spacial score (nSPS) is 22.6. The molecular weight excluding hydrogens is 481 g/mol. The Hall–Kier alpha value is -0.770. The lowest BCUT2D eigenvalue weighted by molar-refractivity contribution is 0.0137. The van der Waals surface area contributed by atoms with E-state index in [1.54, 1.807) is 0 Å². The van der Waals surface area contributed by atoms with Crippen LogP contribution in [0.15, 0.2) is 4.99 Å². The number of unbranched alkanes of at least 4 members (excludes halogenated alkanes) is 2. The molecule has 1 unspecified atom stereocenters. The number of halogens is 1. The van der Waals surface area contributed by atoms with E-state index in [1.807, 2.05) is 25.7 Å². The van der Waals surface area contributed by atoms with Crippen molar-refractivity contribution in [2.24, 2.45) is 4.99 Å². The molecule has 0 saturated carbocycles. The van der Waals surface area contributed by atoms with Gasteiger partial charge in [-0.15, -0.1) is 24.0 Å². The number of amides is 1. The highest BCUT2D eigenvalue weighted by Gasteiger charge is 2.36. The van der Waals surface area contributed by atoms with Gasteiger partial charge in [0.15, 0.2) is 5.96 Å². The summed E-state index contributed by atoms with van der Waals surface area (Å²) in [4.78, 5) is 23.8. The number of carbonyl (C=O) groups excluding carboxylic acids is 1. The summed E-state index contributed by atoms with van der Waals surface area (Å²) < 4.78 is 5.51. The monoisotopic (exact) mass is 521 g/mol. The number of nitrogens with zero attached hydrogens (tertiary/aromatic N) is 4. The molecule has 8 heteroatoms. The summed E-state index contributed by atoms with van der Waals surface area (Å²) in [5, 5.41) is 3.53. The molecule has 0 aromatic heterocycles. The van der Waals surface area contributed by atoms with Crippen LogP contribution in [0.4, 0.5) is 4.79 Å². The van der Waals surface area contributed by atoms with E-state index in [0.29, 0.717) is 13.1 Å². The van der Waals surface area contributed by atoms with Gasteiger partial charge in [-0.1, -0.05) is 12.8 Å². The van der Waals surface area contributed by atoms with Crippen molar-refractivity contribution in [3.63, 3.8) is 0 Å². The molecule has 3 heterocycles. The SMILES string of the molecule is CC(C)(C)OC(=O)N1CCN2C(NCCCCCN3CCCCC3)=NCC2C1.I. The molecule has 2 fully saturated rings. The van der Waals surface area contributed by atoms with Gasteiger partial charge in [0.1, 0.15) is 5.60 Å². The van der Waals surface area contributed by atoms with Crippen LogP contribution < -0.4 is 5.32 Å². The third-order valence-corrected chi connectivity index (χ3v) is 5.74. The Morgan fingerprint density at radius 3 is 2.59 bits per heavy atom. The Balaban J connectivity index is 0.00000300. The summed E-state index contributed by atoms with van der Waals surface area (Å²) >= 11 is 0. The van der Waals surface area contributed by atoms with Crippen LogP contribution in [0, 0.1) is 0 Å². The highest BCUT2D eigenvalue weighted by atomic mass is 127. The highest BCUT2D eigenvalue weighted by molar-refractivity contribution is 14.0. The summed E-state index contributed by atoms with van der Waals surface area (Å²) in [5.41, 5.74) is -0.443. The maximum Gasteiger partial charge on any atom is 0.410 e. The van der Waals surface area contributed by atoms with Crippen molar-refractivity contribution in [1.82, 2.24) is 20.0 Å². The smallest absolute Gasteiger partial charge is 0.410 e. The van der Waals surface area contributed by atoms with E-state index in [0.717, 1.165) is 25.6 Å². The van der Waals surface area contributed by atoms with Gasteiger partial charge in [-0.3, -0.25) is 4.99 Å². The Morgan fingerprint density at radius 2 is 1.86 bits per heavy atom. The molecular formula is C21H40IN5O2. The number of hydrogen-bond donors (Lipinski definition) is 1. The van der Waals surface area contributed by atoms with Gasteiger partial charge in [0.25, 0.3) is 0 Å². The molecule has 0 aromatic rings. The number of ether oxygens (including phenoxy) is 1. The minimum absolute atomic E-state index is 0. The number of fused-ring (bicyclic) bond motifs is 1. The zero-order valence-corrected chi connectivity index (χ0v) is 20.8. The molecule has 3 aliphatic rings.